The van der Waals surface area contributed by atoms with Crippen LogP contribution in [0.25, 0.3) is 22.3 Å². The van der Waals surface area contributed by atoms with Gasteiger partial charge in [0.15, 0.2) is 35.2 Å². The first kappa shape index (κ1) is 42.5. The Balaban J connectivity index is 1.35. The number of phenols is 3. The summed E-state index contributed by atoms with van der Waals surface area (Å²) in [6, 6.07) is 4.62. The number of aromatic hydroxyl groups is 3. The molecule has 0 radical (unpaired) electrons. The minimum atomic E-state index is -2.66. The number of aliphatic hydroxyl groups excluding tert-OH is 7. The number of nitrogens with two attached hydrogens (primary N) is 1. The number of aliphatic carboxylic acids is 1. The van der Waals surface area contributed by atoms with Crippen LogP contribution >= 0.6 is 0 Å². The van der Waals surface area contributed by atoms with Crippen LogP contribution < -0.4 is 21.2 Å². The Kier molecular flexibility index (Phi) is 11.4. The van der Waals surface area contributed by atoms with E-state index in [2.05, 4.69) is 5.32 Å². The number of allylic oxidation sites excluding steroid dienone is 3. The third-order valence-corrected chi connectivity index (χ3v) is 10.9. The average Bonchev–Trinajstić information content (AvgIpc) is 3.37. The number of dihydropyridines is 1. The predicted octanol–water partition coefficient (Wildman–Crippen LogP) is -2.13. The number of benzene rings is 2. The van der Waals surface area contributed by atoms with E-state index in [0.717, 1.165) is 29.8 Å². The van der Waals surface area contributed by atoms with Crippen molar-refractivity contribution in [1.29, 1.82) is 0 Å². The normalized spacial score (nSPS) is 32.6. The van der Waals surface area contributed by atoms with Gasteiger partial charge in [0, 0.05) is 47.5 Å². The average molecular weight is 843 g/mol. The lowest BCUT2D eigenvalue weighted by molar-refractivity contribution is -0.321. The largest absolute Gasteiger partial charge is 0.507 e. The highest BCUT2D eigenvalue weighted by Crippen LogP contribution is 2.49. The summed E-state index contributed by atoms with van der Waals surface area (Å²) >= 11 is 0. The number of carboxylic acid groups (broad SMARTS) is 1. The maximum Gasteiger partial charge on any atom is 0.340 e. The number of carboxylic acids is 1. The van der Waals surface area contributed by atoms with Crippen molar-refractivity contribution < 1.29 is 89.1 Å². The minimum Gasteiger partial charge on any atom is -0.507 e. The zero-order chi connectivity index (χ0) is 43.5. The molecule has 60 heavy (non-hydrogen) atoms. The van der Waals surface area contributed by atoms with Gasteiger partial charge in [-0.1, -0.05) is 19.1 Å². The molecule has 2 aromatic carbocycles. The van der Waals surface area contributed by atoms with Gasteiger partial charge in [0.2, 0.25) is 6.29 Å². The van der Waals surface area contributed by atoms with Crippen molar-refractivity contribution in [2.24, 2.45) is 5.73 Å². The molecular weight excluding hydrogens is 800 g/mol. The molecule has 3 aromatic rings. The van der Waals surface area contributed by atoms with Gasteiger partial charge >= 0.3 is 11.9 Å². The first-order chi connectivity index (χ1) is 28.4. The van der Waals surface area contributed by atoms with Crippen LogP contribution in [0.5, 0.6) is 23.0 Å². The van der Waals surface area contributed by atoms with Crippen molar-refractivity contribution in [1.82, 2.24) is 5.32 Å². The molecule has 5 heterocycles. The quantitative estimate of drug-likeness (QED) is 0.0654. The Hall–Kier alpha value is -5.59. The van der Waals surface area contributed by atoms with E-state index >= 15 is 0 Å². The Bertz CT molecular complexity index is 2360. The molecule has 1 aromatic heterocycles. The van der Waals surface area contributed by atoms with Crippen LogP contribution in [0, 0.1) is 0 Å². The van der Waals surface area contributed by atoms with Crippen LogP contribution in [0.3, 0.4) is 0 Å². The van der Waals surface area contributed by atoms with E-state index < -0.39 is 114 Å². The molecule has 12 atom stereocenters. The maximum atomic E-state index is 13.8. The Morgan fingerprint density at radius 2 is 1.65 bits per heavy atom. The fourth-order valence-electron chi connectivity index (χ4n) is 7.59. The standard InChI is InChI=1S/C39H42N2O19/c1-2-13-7-16(12-41-35(13)40)17-3-5-39(34(52)30(50)29(49)33(60-39)37(55)58-38-31(51)27(47)28(48)32(57-38)36(53)54)59-22-11-21-24(26(46)23(17)22)18(43)10-20(56-21)15-8-14(4-6-42)25(45)19(44)9-15/h3,5,7-12,17,27-35,38,41-42,44-52H,2,4,6,40H2,1H3,(H,53,54). The van der Waals surface area contributed by atoms with E-state index in [1.54, 1.807) is 6.08 Å². The molecule has 21 heteroatoms. The van der Waals surface area contributed by atoms with Gasteiger partial charge < -0.3 is 90.6 Å². The Morgan fingerprint density at radius 3 is 2.33 bits per heavy atom. The van der Waals surface area contributed by atoms with Crippen molar-refractivity contribution in [2.45, 2.75) is 92.8 Å². The van der Waals surface area contributed by atoms with E-state index in [-0.39, 0.29) is 45.6 Å². The van der Waals surface area contributed by atoms with Crippen molar-refractivity contribution in [3.8, 4) is 34.3 Å². The van der Waals surface area contributed by atoms with E-state index in [1.807, 2.05) is 6.92 Å². The lowest BCUT2D eigenvalue weighted by Crippen LogP contribution is -2.68. The highest BCUT2D eigenvalue weighted by molar-refractivity contribution is 5.89. The van der Waals surface area contributed by atoms with Gasteiger partial charge in [-0.2, -0.15) is 0 Å². The zero-order valence-corrected chi connectivity index (χ0v) is 31.4. The smallest absolute Gasteiger partial charge is 0.340 e. The molecule has 21 nitrogen and oxygen atoms in total. The molecule has 4 aliphatic heterocycles. The van der Waals surface area contributed by atoms with Crippen molar-refractivity contribution in [3.63, 3.8) is 0 Å². The number of nitrogens with one attached hydrogen (secondary N) is 1. The molecule has 4 aliphatic rings. The second-order valence-electron chi connectivity index (χ2n) is 14.6. The topological polar surface area (TPSA) is 362 Å². The highest BCUT2D eigenvalue weighted by Gasteiger charge is 2.59. The number of phenolic OH excluding ortho intramolecular Hbond substituents is 3. The predicted molar refractivity (Wildman–Crippen MR) is 200 cm³/mol. The summed E-state index contributed by atoms with van der Waals surface area (Å²) < 4.78 is 28.3. The van der Waals surface area contributed by atoms with Crippen LogP contribution in [-0.2, 0) is 30.2 Å². The first-order valence-corrected chi connectivity index (χ1v) is 18.6. The molecule has 0 amide bonds. The van der Waals surface area contributed by atoms with Gasteiger partial charge in [0.25, 0.3) is 5.79 Å². The Labute approximate surface area is 337 Å². The van der Waals surface area contributed by atoms with Gasteiger partial charge in [-0.15, -0.1) is 0 Å². The van der Waals surface area contributed by atoms with E-state index in [1.165, 1.54) is 18.3 Å². The summed E-state index contributed by atoms with van der Waals surface area (Å²) in [6.45, 7) is 1.45. The van der Waals surface area contributed by atoms with Crippen molar-refractivity contribution >= 4 is 22.9 Å². The Morgan fingerprint density at radius 1 is 0.933 bits per heavy atom. The van der Waals surface area contributed by atoms with Crippen LogP contribution in [0.1, 0.15) is 30.4 Å². The molecule has 322 valence electrons. The summed E-state index contributed by atoms with van der Waals surface area (Å²) in [4.78, 5) is 39.1. The molecule has 1 spiro atoms. The summed E-state index contributed by atoms with van der Waals surface area (Å²) in [7, 11) is 0. The molecule has 12 unspecified atom stereocenters. The number of esters is 1. The van der Waals surface area contributed by atoms with Crippen LogP contribution in [0.4, 0.5) is 0 Å². The minimum absolute atomic E-state index is 0.0763. The molecule has 14 N–H and O–H groups in total. The van der Waals surface area contributed by atoms with E-state index in [9.17, 15) is 70.6 Å². The van der Waals surface area contributed by atoms with Gasteiger partial charge in [0.1, 0.15) is 58.7 Å². The molecular formula is C39H42N2O19. The zero-order valence-electron chi connectivity index (χ0n) is 31.4. The third-order valence-electron chi connectivity index (χ3n) is 10.9. The first-order valence-electron chi connectivity index (χ1n) is 18.6. The molecule has 0 saturated carbocycles. The number of carbonyl (C=O) groups is 2. The van der Waals surface area contributed by atoms with Crippen LogP contribution in [0.15, 0.2) is 69.1 Å². The van der Waals surface area contributed by atoms with Gasteiger partial charge in [0.05, 0.1) is 6.17 Å². The van der Waals surface area contributed by atoms with Crippen LogP contribution in [-0.4, -0.2) is 142 Å². The highest BCUT2D eigenvalue weighted by atomic mass is 16.8. The van der Waals surface area contributed by atoms with Crippen molar-refractivity contribution in [3.05, 3.63) is 81.2 Å². The second kappa shape index (κ2) is 16.1. The number of fused-ring (bicyclic) bond motifs is 2. The molecule has 0 bridgehead atoms. The monoisotopic (exact) mass is 842 g/mol. The van der Waals surface area contributed by atoms with Crippen LogP contribution in [0.2, 0.25) is 0 Å². The third kappa shape index (κ3) is 7.23. The van der Waals surface area contributed by atoms with Gasteiger partial charge in [-0.3, -0.25) is 4.79 Å². The molecule has 2 fully saturated rings. The number of hydrogen-bond acceptors (Lipinski definition) is 20. The molecule has 2 saturated heterocycles. The summed E-state index contributed by atoms with van der Waals surface area (Å²) in [5, 5.41) is 119. The number of rotatable bonds is 8. The SMILES string of the molecule is CCC1=CC(C2C=CC3(Oc4cc5oc(-c6cc(O)c(O)c(CCO)c6)cc(=O)c5c(O)c42)OC(C(=O)OC2OC(C(=O)O)C(O)C(O)C2O)C(O)C(O)C3O)=CNC1N. The van der Waals surface area contributed by atoms with Gasteiger partial charge in [-0.25, -0.2) is 9.59 Å². The van der Waals surface area contributed by atoms with E-state index in [4.69, 9.17) is 29.1 Å². The number of carbonyl (C=O) groups excluding carboxylic acids is 1. The maximum absolute atomic E-state index is 13.8. The van der Waals surface area contributed by atoms with Crippen molar-refractivity contribution in [2.75, 3.05) is 6.61 Å². The lowest BCUT2D eigenvalue weighted by atomic mass is 9.85. The number of aliphatic hydroxyl groups is 7. The molecule has 0 aliphatic carbocycles. The number of ether oxygens (including phenoxy) is 4. The fraction of sp³-hybridized carbons (Fsp3) is 0.410. The van der Waals surface area contributed by atoms with E-state index in [0.29, 0.717) is 12.0 Å². The molecule has 7 rings (SSSR count). The fourth-order valence-corrected chi connectivity index (χ4v) is 7.59. The second-order valence-corrected chi connectivity index (χ2v) is 14.6. The summed E-state index contributed by atoms with van der Waals surface area (Å²) in [5.74, 6) is -9.46. The van der Waals surface area contributed by atoms with Gasteiger partial charge in [-0.05, 0) is 42.2 Å². The number of hydrogen-bond donors (Lipinski definition) is 13. The lowest BCUT2D eigenvalue weighted by Gasteiger charge is -2.46. The summed E-state index contributed by atoms with van der Waals surface area (Å²) in [6.07, 6.45) is -14.6. The summed E-state index contributed by atoms with van der Waals surface area (Å²) in [5.41, 5.74) is 6.33.